The molecule has 0 unspecified atom stereocenters. The van der Waals surface area contributed by atoms with Crippen LogP contribution < -0.4 is 10.6 Å². The molecular weight excluding hydrogens is 212 g/mol. The van der Waals surface area contributed by atoms with Gasteiger partial charge in [0.25, 0.3) is 0 Å². The van der Waals surface area contributed by atoms with Crippen LogP contribution in [0.15, 0.2) is 42.5 Å². The topological polar surface area (TPSA) is 41.1 Å². The van der Waals surface area contributed by atoms with Gasteiger partial charge in [0.1, 0.15) is 0 Å². The van der Waals surface area contributed by atoms with Crippen LogP contribution in [0.5, 0.6) is 0 Å². The summed E-state index contributed by atoms with van der Waals surface area (Å²) < 4.78 is 0. The third kappa shape index (κ3) is 2.97. The van der Waals surface area contributed by atoms with Crippen molar-refractivity contribution >= 4 is 11.6 Å². The van der Waals surface area contributed by atoms with Gasteiger partial charge in [-0.2, -0.15) is 0 Å². The van der Waals surface area contributed by atoms with E-state index in [0.717, 1.165) is 23.4 Å². The SMILES string of the molecule is CNC(=O)Cc1ccc(C2=CC=CCN2)cc1. The number of allylic oxidation sites excluding steroid dienone is 2. The van der Waals surface area contributed by atoms with Crippen LogP contribution in [0.25, 0.3) is 5.70 Å². The minimum atomic E-state index is 0.0377. The Labute approximate surface area is 101 Å². The maximum atomic E-state index is 11.2. The van der Waals surface area contributed by atoms with Gasteiger partial charge >= 0.3 is 0 Å². The first-order valence-corrected chi connectivity index (χ1v) is 5.70. The molecule has 1 amide bonds. The van der Waals surface area contributed by atoms with Crippen LogP contribution in [0.4, 0.5) is 0 Å². The fraction of sp³-hybridized carbons (Fsp3) is 0.214. The van der Waals surface area contributed by atoms with Crippen LogP contribution in [-0.4, -0.2) is 19.5 Å². The maximum Gasteiger partial charge on any atom is 0.224 e. The summed E-state index contributed by atoms with van der Waals surface area (Å²) in [6, 6.07) is 8.06. The van der Waals surface area contributed by atoms with Crippen LogP contribution >= 0.6 is 0 Å². The normalized spacial score (nSPS) is 13.8. The van der Waals surface area contributed by atoms with E-state index in [1.54, 1.807) is 7.05 Å². The van der Waals surface area contributed by atoms with Crippen molar-refractivity contribution in [1.29, 1.82) is 0 Å². The van der Waals surface area contributed by atoms with E-state index in [1.807, 2.05) is 30.3 Å². The number of amides is 1. The summed E-state index contributed by atoms with van der Waals surface area (Å²) in [6.45, 7) is 0.867. The molecule has 0 saturated carbocycles. The molecule has 2 rings (SSSR count). The molecule has 3 nitrogen and oxygen atoms in total. The Kier molecular flexibility index (Phi) is 3.60. The molecule has 0 bridgehead atoms. The van der Waals surface area contributed by atoms with Gasteiger partial charge in [-0.15, -0.1) is 0 Å². The van der Waals surface area contributed by atoms with Gasteiger partial charge in [-0.25, -0.2) is 0 Å². The molecule has 0 radical (unpaired) electrons. The van der Waals surface area contributed by atoms with E-state index in [0.29, 0.717) is 6.42 Å². The van der Waals surface area contributed by atoms with Crippen molar-refractivity contribution < 1.29 is 4.79 Å². The summed E-state index contributed by atoms with van der Waals surface area (Å²) in [5.41, 5.74) is 3.30. The molecule has 88 valence electrons. The Morgan fingerprint density at radius 3 is 2.71 bits per heavy atom. The number of hydrogen-bond donors (Lipinski definition) is 2. The summed E-state index contributed by atoms with van der Waals surface area (Å²) in [4.78, 5) is 11.2. The molecule has 3 heteroatoms. The zero-order chi connectivity index (χ0) is 12.1. The quantitative estimate of drug-likeness (QED) is 0.822. The molecule has 0 aromatic heterocycles. The number of benzene rings is 1. The summed E-state index contributed by atoms with van der Waals surface area (Å²) >= 11 is 0. The van der Waals surface area contributed by atoms with Crippen LogP contribution in [-0.2, 0) is 11.2 Å². The highest BCUT2D eigenvalue weighted by atomic mass is 16.1. The Hall–Kier alpha value is -2.03. The second kappa shape index (κ2) is 5.34. The molecule has 0 fully saturated rings. The average molecular weight is 228 g/mol. The largest absolute Gasteiger partial charge is 0.381 e. The monoisotopic (exact) mass is 228 g/mol. The van der Waals surface area contributed by atoms with Crippen LogP contribution in [0, 0.1) is 0 Å². The predicted octanol–water partition coefficient (Wildman–Crippen LogP) is 1.48. The van der Waals surface area contributed by atoms with Gasteiger partial charge in [0, 0.05) is 19.3 Å². The highest BCUT2D eigenvalue weighted by Gasteiger charge is 2.04. The highest BCUT2D eigenvalue weighted by molar-refractivity contribution is 5.78. The Bertz CT molecular complexity index is 458. The number of carbonyl (C=O) groups is 1. The molecule has 17 heavy (non-hydrogen) atoms. The third-order valence-electron chi connectivity index (χ3n) is 2.72. The first kappa shape index (κ1) is 11.5. The second-order valence-corrected chi connectivity index (χ2v) is 3.94. The van der Waals surface area contributed by atoms with Crippen LogP contribution in [0.3, 0.4) is 0 Å². The zero-order valence-electron chi connectivity index (χ0n) is 9.86. The molecular formula is C14H16N2O. The van der Waals surface area contributed by atoms with E-state index in [1.165, 1.54) is 0 Å². The highest BCUT2D eigenvalue weighted by Crippen LogP contribution is 2.14. The number of hydrogen-bond acceptors (Lipinski definition) is 2. The lowest BCUT2D eigenvalue weighted by molar-refractivity contribution is -0.119. The van der Waals surface area contributed by atoms with Gasteiger partial charge in [-0.05, 0) is 17.2 Å². The lowest BCUT2D eigenvalue weighted by atomic mass is 10.1. The maximum absolute atomic E-state index is 11.2. The Morgan fingerprint density at radius 1 is 1.35 bits per heavy atom. The van der Waals surface area contributed by atoms with Gasteiger partial charge in [-0.1, -0.05) is 36.4 Å². The molecule has 1 aliphatic rings. The molecule has 1 aliphatic heterocycles. The zero-order valence-corrected chi connectivity index (χ0v) is 9.86. The number of likely N-dealkylation sites (N-methyl/N-ethyl adjacent to an activating group) is 1. The van der Waals surface area contributed by atoms with E-state index >= 15 is 0 Å². The van der Waals surface area contributed by atoms with E-state index in [9.17, 15) is 4.79 Å². The first-order chi connectivity index (χ1) is 8.29. The minimum Gasteiger partial charge on any atom is -0.381 e. The molecule has 0 saturated heterocycles. The van der Waals surface area contributed by atoms with E-state index in [2.05, 4.69) is 22.8 Å². The standard InChI is InChI=1S/C14H16N2O/c1-15-14(17)10-11-5-7-12(8-6-11)13-4-2-3-9-16-13/h2-8,16H,9-10H2,1H3,(H,15,17). The second-order valence-electron chi connectivity index (χ2n) is 3.94. The van der Waals surface area contributed by atoms with E-state index in [4.69, 9.17) is 0 Å². The fourth-order valence-electron chi connectivity index (χ4n) is 1.73. The molecule has 1 aromatic carbocycles. The van der Waals surface area contributed by atoms with Crippen molar-refractivity contribution in [2.45, 2.75) is 6.42 Å². The molecule has 1 aromatic rings. The number of dihydropyridines is 1. The lowest BCUT2D eigenvalue weighted by Gasteiger charge is -2.12. The first-order valence-electron chi connectivity index (χ1n) is 5.70. The van der Waals surface area contributed by atoms with Gasteiger partial charge in [0.2, 0.25) is 5.91 Å². The van der Waals surface area contributed by atoms with Crippen molar-refractivity contribution in [1.82, 2.24) is 10.6 Å². The number of nitrogens with one attached hydrogen (secondary N) is 2. The molecule has 0 spiro atoms. The Balaban J connectivity index is 2.10. The molecule has 0 atom stereocenters. The summed E-state index contributed by atoms with van der Waals surface area (Å²) in [6.07, 6.45) is 6.61. The van der Waals surface area contributed by atoms with Crippen molar-refractivity contribution in [2.75, 3.05) is 13.6 Å². The summed E-state index contributed by atoms with van der Waals surface area (Å²) in [5.74, 6) is 0.0377. The van der Waals surface area contributed by atoms with Gasteiger partial charge in [0.05, 0.1) is 6.42 Å². The molecule has 1 heterocycles. The summed E-state index contributed by atoms with van der Waals surface area (Å²) in [7, 11) is 1.65. The van der Waals surface area contributed by atoms with Crippen molar-refractivity contribution in [3.8, 4) is 0 Å². The van der Waals surface area contributed by atoms with Gasteiger partial charge in [0.15, 0.2) is 0 Å². The van der Waals surface area contributed by atoms with Crippen LogP contribution in [0.2, 0.25) is 0 Å². The lowest BCUT2D eigenvalue weighted by Crippen LogP contribution is -2.20. The Morgan fingerprint density at radius 2 is 2.12 bits per heavy atom. The van der Waals surface area contributed by atoms with Crippen molar-refractivity contribution in [2.24, 2.45) is 0 Å². The van der Waals surface area contributed by atoms with E-state index < -0.39 is 0 Å². The fourth-order valence-corrected chi connectivity index (χ4v) is 1.73. The van der Waals surface area contributed by atoms with Crippen molar-refractivity contribution in [3.63, 3.8) is 0 Å². The third-order valence-corrected chi connectivity index (χ3v) is 2.72. The molecule has 0 aliphatic carbocycles. The minimum absolute atomic E-state index is 0.0377. The van der Waals surface area contributed by atoms with Crippen LogP contribution in [0.1, 0.15) is 11.1 Å². The molecule has 2 N–H and O–H groups in total. The predicted molar refractivity (Wildman–Crippen MR) is 69.3 cm³/mol. The number of carbonyl (C=O) groups excluding carboxylic acids is 1. The smallest absolute Gasteiger partial charge is 0.224 e. The van der Waals surface area contributed by atoms with Crippen molar-refractivity contribution in [3.05, 3.63) is 53.6 Å². The van der Waals surface area contributed by atoms with Gasteiger partial charge < -0.3 is 10.6 Å². The number of rotatable bonds is 3. The summed E-state index contributed by atoms with van der Waals surface area (Å²) in [5, 5.41) is 5.92. The average Bonchev–Trinajstić information content (AvgIpc) is 2.40. The van der Waals surface area contributed by atoms with Gasteiger partial charge in [-0.3, -0.25) is 4.79 Å². The van der Waals surface area contributed by atoms with E-state index in [-0.39, 0.29) is 5.91 Å².